The van der Waals surface area contributed by atoms with E-state index in [1.54, 1.807) is 0 Å². The topological polar surface area (TPSA) is 31.4 Å². The number of ether oxygens (including phenoxy) is 2. The van der Waals surface area contributed by atoms with E-state index in [2.05, 4.69) is 84.0 Å². The van der Waals surface area contributed by atoms with Crippen molar-refractivity contribution in [2.24, 2.45) is 5.92 Å². The number of rotatable bonds is 2. The Kier molecular flexibility index (Phi) is 8.62. The van der Waals surface area contributed by atoms with Gasteiger partial charge in [0.15, 0.2) is 0 Å². The molecule has 0 unspecified atom stereocenters. The molecule has 0 fully saturated rings. The Hall–Kier alpha value is 1.55. The molecule has 1 aromatic heterocycles. The number of nitrogens with zero attached hydrogens (tertiary/aromatic N) is 1. The zero-order valence-corrected chi connectivity index (χ0v) is 21.5. The van der Waals surface area contributed by atoms with Crippen LogP contribution in [-0.4, -0.2) is 16.0 Å². The average Bonchev–Trinajstić information content (AvgIpc) is 2.29. The monoisotopic (exact) mass is 681 g/mol. The third-order valence-corrected chi connectivity index (χ3v) is 2.94. The van der Waals surface area contributed by atoms with Crippen LogP contribution in [0.3, 0.4) is 0 Å². The summed E-state index contributed by atoms with van der Waals surface area (Å²) in [5.41, 5.74) is 3.37. The minimum atomic E-state index is -1.22. The van der Waals surface area contributed by atoms with E-state index in [4.69, 9.17) is 9.47 Å². The van der Waals surface area contributed by atoms with Gasteiger partial charge >= 0.3 is 68.5 Å². The first-order valence-corrected chi connectivity index (χ1v) is 21.5. The summed E-state index contributed by atoms with van der Waals surface area (Å²) in [7, 11) is 0. The van der Waals surface area contributed by atoms with Gasteiger partial charge < -0.3 is 9.47 Å². The summed E-state index contributed by atoms with van der Waals surface area (Å²) >= 11 is 7.23. The van der Waals surface area contributed by atoms with E-state index in [1.165, 1.54) is 11.1 Å². The molecule has 2 rings (SSSR count). The van der Waals surface area contributed by atoms with Crippen molar-refractivity contribution in [1.82, 2.24) is 4.98 Å². The molecule has 3 nitrogen and oxygen atoms in total. The van der Waals surface area contributed by atoms with Crippen LogP contribution in [0.15, 0.2) is 6.20 Å². The maximum absolute atomic E-state index is 5.89. The van der Waals surface area contributed by atoms with Gasteiger partial charge in [0, 0.05) is 25.6 Å². The van der Waals surface area contributed by atoms with Gasteiger partial charge in [-0.05, 0) is 24.8 Å². The van der Waals surface area contributed by atoms with Crippen molar-refractivity contribution >= 4 is 65.2 Å². The first-order valence-electron chi connectivity index (χ1n) is 7.01. The van der Waals surface area contributed by atoms with Crippen LogP contribution in [-0.2, 0) is 21.1 Å². The van der Waals surface area contributed by atoms with E-state index in [0.29, 0.717) is 12.5 Å². The van der Waals surface area contributed by atoms with Crippen LogP contribution in [0, 0.1) is 12.8 Å². The van der Waals surface area contributed by atoms with Crippen molar-refractivity contribution in [3.63, 3.8) is 0 Å². The summed E-state index contributed by atoms with van der Waals surface area (Å²) in [5.74, 6) is 0.980. The summed E-state index contributed by atoms with van der Waals surface area (Å²) < 4.78 is 10.4. The molecule has 0 saturated carbocycles. The maximum atomic E-state index is 5.89. The Labute approximate surface area is 169 Å². The Bertz CT molecular complexity index is 562. The Morgan fingerprint density at radius 3 is 2.41 bits per heavy atom. The summed E-state index contributed by atoms with van der Waals surface area (Å²) in [6, 6.07) is 0. The minimum absolute atomic E-state index is 0.546. The van der Waals surface area contributed by atoms with E-state index < -0.39 is 9.13 Å². The predicted molar refractivity (Wildman–Crippen MR) is 116 cm³/mol. The van der Waals surface area contributed by atoms with Crippen LogP contribution in [0.25, 0.3) is 0 Å². The molecule has 126 valence electrons. The molecule has 0 N–H and O–H groups in total. The van der Waals surface area contributed by atoms with Gasteiger partial charge in [-0.1, -0.05) is 13.8 Å². The summed E-state index contributed by atoms with van der Waals surface area (Å²) in [4.78, 5) is 4.43. The molecule has 22 heavy (non-hydrogen) atoms. The second-order valence-electron chi connectivity index (χ2n) is 6.12. The standard InChI is InChI=1S/C14H21NO2.CH2.3HI.V/c1-9(2)6-11-7-15-10(3)13-12(11)8-16-14(4,5)17-13;;;;;/h7,9H,6,8H2,1-5H3;1H2;3*1H;/q;;;;;+3/p-3. The summed E-state index contributed by atoms with van der Waals surface area (Å²) in [6.07, 6.45) is 2.97. The zero-order chi connectivity index (χ0) is 17.1. The Balaban J connectivity index is 0.000000422. The summed E-state index contributed by atoms with van der Waals surface area (Å²) in [5, 5.41) is 3.90. The van der Waals surface area contributed by atoms with Crippen LogP contribution in [0.1, 0.15) is 44.5 Å². The molecule has 0 aromatic carbocycles. The fraction of sp³-hybridized carbons (Fsp3) is 0.600. The molecule has 0 amide bonds. The van der Waals surface area contributed by atoms with Crippen molar-refractivity contribution in [3.05, 3.63) is 23.0 Å². The van der Waals surface area contributed by atoms with Crippen LogP contribution in [0.4, 0.5) is 0 Å². The molecule has 0 aliphatic carbocycles. The van der Waals surface area contributed by atoms with Gasteiger partial charge in [-0.15, -0.1) is 0 Å². The molecular weight excluding hydrogens is 658 g/mol. The Morgan fingerprint density at radius 1 is 1.36 bits per heavy atom. The fourth-order valence-electron chi connectivity index (χ4n) is 2.11. The molecule has 1 aromatic rings. The number of hydrogen-bond acceptors (Lipinski definition) is 3. The predicted octanol–water partition coefficient (Wildman–Crippen LogP) is 5.86. The number of halogens is 3. The van der Waals surface area contributed by atoms with Crippen molar-refractivity contribution in [2.75, 3.05) is 0 Å². The van der Waals surface area contributed by atoms with E-state index in [-0.39, 0.29) is 0 Å². The normalized spacial score (nSPS) is 16.4. The van der Waals surface area contributed by atoms with Gasteiger partial charge in [0.1, 0.15) is 5.75 Å². The third-order valence-electron chi connectivity index (χ3n) is 2.94. The van der Waals surface area contributed by atoms with E-state index >= 15 is 0 Å². The molecule has 0 atom stereocenters. The van der Waals surface area contributed by atoms with Gasteiger partial charge in [0.05, 0.1) is 12.3 Å². The second-order valence-corrected chi connectivity index (χ2v) is 51.0. The van der Waals surface area contributed by atoms with Crippen LogP contribution >= 0.6 is 59.9 Å². The molecule has 1 aliphatic rings. The number of aryl methyl sites for hydroxylation is 1. The fourth-order valence-corrected chi connectivity index (χ4v) is 2.11. The van der Waals surface area contributed by atoms with Crippen molar-refractivity contribution in [1.29, 1.82) is 0 Å². The van der Waals surface area contributed by atoms with Crippen LogP contribution in [0.2, 0.25) is 0 Å². The molecule has 1 aliphatic heterocycles. The average molecular weight is 681 g/mol. The molecule has 7 heteroatoms. The van der Waals surface area contributed by atoms with E-state index in [1.807, 2.05) is 27.0 Å². The van der Waals surface area contributed by atoms with Gasteiger partial charge in [0.25, 0.3) is 0 Å². The molecule has 0 saturated heterocycles. The van der Waals surface area contributed by atoms with Crippen LogP contribution < -0.4 is 4.74 Å². The number of hydrogen-bond donors (Lipinski definition) is 0. The van der Waals surface area contributed by atoms with Gasteiger partial charge in [-0.3, -0.25) is 4.98 Å². The van der Waals surface area contributed by atoms with E-state index in [0.717, 1.165) is 17.9 Å². The van der Waals surface area contributed by atoms with E-state index in [9.17, 15) is 0 Å². The number of aromatic nitrogens is 1. The van der Waals surface area contributed by atoms with Gasteiger partial charge in [-0.2, -0.15) is 0 Å². The quantitative estimate of drug-likeness (QED) is 0.367. The molecular formula is C15H23I3NO2V. The second kappa shape index (κ2) is 8.78. The van der Waals surface area contributed by atoms with Crippen molar-refractivity contribution in [3.8, 4) is 5.75 Å². The van der Waals surface area contributed by atoms with Gasteiger partial charge in [0.2, 0.25) is 5.79 Å². The number of fused-ring (bicyclic) bond motifs is 1. The number of pyridine rings is 1. The zero-order valence-electron chi connectivity index (χ0n) is 13.6. The Morgan fingerprint density at radius 2 is 1.91 bits per heavy atom. The third kappa shape index (κ3) is 8.09. The van der Waals surface area contributed by atoms with Gasteiger partial charge in [-0.25, -0.2) is 0 Å². The molecule has 2 heterocycles. The molecule has 0 spiro atoms. The molecule has 0 radical (unpaired) electrons. The first kappa shape index (κ1) is 21.6. The van der Waals surface area contributed by atoms with Crippen molar-refractivity contribution < 1.29 is 12.8 Å². The summed E-state index contributed by atoms with van der Waals surface area (Å²) in [6.45, 7) is 10.9. The van der Waals surface area contributed by atoms with Crippen LogP contribution in [0.5, 0.6) is 5.75 Å². The SMILES string of the molecule is Cc1ncc(CC(C)C)c2c1OC(C)(C)OC2.[CH2]=[V]([I])([I])[I]. The molecule has 0 bridgehead atoms. The van der Waals surface area contributed by atoms with Crippen molar-refractivity contribution in [2.45, 2.75) is 53.4 Å². The first-order chi connectivity index (χ1) is 9.89.